The minimum absolute atomic E-state index is 0.108. The van der Waals surface area contributed by atoms with E-state index in [-0.39, 0.29) is 12.8 Å². The van der Waals surface area contributed by atoms with Crippen LogP contribution in [0, 0.1) is 17.8 Å². The second-order valence-electron chi connectivity index (χ2n) is 6.28. The monoisotopic (exact) mass is 361 g/mol. The van der Waals surface area contributed by atoms with Crippen molar-refractivity contribution in [1.29, 1.82) is 0 Å². The van der Waals surface area contributed by atoms with E-state index in [0.717, 1.165) is 5.56 Å². The topological polar surface area (TPSA) is 101 Å². The molecule has 1 aromatic rings. The number of halogens is 3. The van der Waals surface area contributed by atoms with E-state index >= 15 is 0 Å². The van der Waals surface area contributed by atoms with Crippen molar-refractivity contribution in [3.63, 3.8) is 0 Å². The number of alkyl halides is 1. The summed E-state index contributed by atoms with van der Waals surface area (Å²) < 4.78 is 14.4. The molecule has 5 nitrogen and oxygen atoms in total. The van der Waals surface area contributed by atoms with E-state index in [2.05, 4.69) is 0 Å². The summed E-state index contributed by atoms with van der Waals surface area (Å²) in [5.74, 6) is -5.67. The summed E-state index contributed by atoms with van der Waals surface area (Å²) in [4.78, 5) is 22.8. The summed E-state index contributed by atoms with van der Waals surface area (Å²) in [6.45, 7) is 0. The van der Waals surface area contributed by atoms with Crippen LogP contribution >= 0.6 is 23.2 Å². The average Bonchev–Trinajstić information content (AvgIpc) is 2.94. The molecule has 1 aromatic carbocycles. The van der Waals surface area contributed by atoms with Crippen LogP contribution < -0.4 is 5.73 Å². The van der Waals surface area contributed by atoms with Gasteiger partial charge in [-0.05, 0) is 36.5 Å². The Morgan fingerprint density at radius 1 is 1.26 bits per heavy atom. The fraction of sp³-hybridized carbons (Fsp3) is 0.467. The smallest absolute Gasteiger partial charge is 0.342 e. The van der Waals surface area contributed by atoms with Crippen LogP contribution in [0.1, 0.15) is 12.0 Å². The van der Waals surface area contributed by atoms with Crippen LogP contribution in [0.2, 0.25) is 10.0 Å². The van der Waals surface area contributed by atoms with Gasteiger partial charge in [0.2, 0.25) is 5.67 Å². The highest BCUT2D eigenvalue weighted by Gasteiger charge is 2.84. The molecule has 2 fully saturated rings. The highest BCUT2D eigenvalue weighted by atomic mass is 35.5. The van der Waals surface area contributed by atoms with Crippen molar-refractivity contribution >= 4 is 35.1 Å². The highest BCUT2D eigenvalue weighted by Crippen LogP contribution is 2.68. The maximum Gasteiger partial charge on any atom is 0.342 e. The van der Waals surface area contributed by atoms with Crippen molar-refractivity contribution < 1.29 is 24.2 Å². The minimum Gasteiger partial charge on any atom is -0.480 e. The molecule has 0 amide bonds. The normalized spacial score (nSPS) is 38.2. The molecule has 0 spiro atoms. The van der Waals surface area contributed by atoms with Crippen LogP contribution in [0.25, 0.3) is 0 Å². The van der Waals surface area contributed by atoms with Gasteiger partial charge in [-0.2, -0.15) is 0 Å². The van der Waals surface area contributed by atoms with E-state index in [9.17, 15) is 19.1 Å². The number of nitrogens with two attached hydrogens (primary N) is 1. The van der Waals surface area contributed by atoms with Crippen molar-refractivity contribution in [1.82, 2.24) is 0 Å². The Hall–Kier alpha value is -1.37. The first-order valence-corrected chi connectivity index (χ1v) is 7.77. The third kappa shape index (κ3) is 2.16. The highest BCUT2D eigenvalue weighted by molar-refractivity contribution is 6.42. The van der Waals surface area contributed by atoms with E-state index in [1.54, 1.807) is 18.2 Å². The fourth-order valence-corrected chi connectivity index (χ4v) is 4.29. The summed E-state index contributed by atoms with van der Waals surface area (Å²) >= 11 is 11.8. The molecule has 0 aliphatic heterocycles. The van der Waals surface area contributed by atoms with Crippen molar-refractivity contribution in [3.05, 3.63) is 33.8 Å². The number of aliphatic carboxylic acids is 2. The predicted molar refractivity (Wildman–Crippen MR) is 81.3 cm³/mol. The van der Waals surface area contributed by atoms with Crippen molar-refractivity contribution in [2.45, 2.75) is 24.0 Å². The molecular formula is C15H14Cl2FNO4. The minimum atomic E-state index is -2.54. The first kappa shape index (κ1) is 16.5. The zero-order valence-electron chi connectivity index (χ0n) is 11.8. The lowest BCUT2D eigenvalue weighted by Gasteiger charge is -2.32. The molecular weight excluding hydrogens is 348 g/mol. The van der Waals surface area contributed by atoms with Gasteiger partial charge in [-0.25, -0.2) is 9.18 Å². The zero-order chi connectivity index (χ0) is 17.2. The maximum atomic E-state index is 14.4. The van der Waals surface area contributed by atoms with Crippen molar-refractivity contribution in [2.75, 3.05) is 0 Å². The number of benzene rings is 1. The molecule has 3 rings (SSSR count). The first-order chi connectivity index (χ1) is 10.6. The summed E-state index contributed by atoms with van der Waals surface area (Å²) in [5, 5.41) is 19.2. The van der Waals surface area contributed by atoms with E-state index in [4.69, 9.17) is 34.0 Å². The van der Waals surface area contributed by atoms with E-state index in [1.165, 1.54) is 0 Å². The Balaban J connectivity index is 1.89. The fourth-order valence-electron chi connectivity index (χ4n) is 3.97. The molecule has 0 radical (unpaired) electrons. The first-order valence-electron chi connectivity index (χ1n) is 7.02. The summed E-state index contributed by atoms with van der Waals surface area (Å²) in [6, 6.07) is 4.89. The Morgan fingerprint density at radius 3 is 2.43 bits per heavy atom. The molecule has 4 N–H and O–H groups in total. The van der Waals surface area contributed by atoms with Gasteiger partial charge in [-0.3, -0.25) is 4.79 Å². The van der Waals surface area contributed by atoms with Crippen LogP contribution in [-0.2, 0) is 16.0 Å². The maximum absolute atomic E-state index is 14.4. The quantitative estimate of drug-likeness (QED) is 0.764. The Morgan fingerprint density at radius 2 is 1.91 bits per heavy atom. The van der Waals surface area contributed by atoms with Crippen molar-refractivity contribution in [2.24, 2.45) is 23.5 Å². The Bertz CT molecular complexity index is 715. The molecule has 0 unspecified atom stereocenters. The van der Waals surface area contributed by atoms with Crippen LogP contribution in [-0.4, -0.2) is 33.4 Å². The molecule has 2 aliphatic rings. The van der Waals surface area contributed by atoms with Gasteiger partial charge in [0.05, 0.1) is 10.0 Å². The average molecular weight is 362 g/mol. The standard InChI is InChI=1S/C15H14Cl2FNO4/c16-9-2-1-6(4-10(9)17)3-7-5-8-11(14(8,18)12(20)21)15(7,19)13(22)23/h1-2,4,7-8,11H,3,5,19H2,(H,20,21)(H,22,23)/t7-,8+,11-,14+,15+/m0/s1. The predicted octanol–water partition coefficient (Wildman–Crippen LogP) is 2.38. The number of hydrogen-bond donors (Lipinski definition) is 3. The molecule has 0 aromatic heterocycles. The Kier molecular flexibility index (Phi) is 3.63. The van der Waals surface area contributed by atoms with Crippen molar-refractivity contribution in [3.8, 4) is 0 Å². The number of carbonyl (C=O) groups is 2. The van der Waals surface area contributed by atoms with Crippen LogP contribution in [0.5, 0.6) is 0 Å². The molecule has 0 heterocycles. The number of carboxylic acids is 2. The van der Waals surface area contributed by atoms with Crippen LogP contribution in [0.4, 0.5) is 4.39 Å². The number of fused-ring (bicyclic) bond motifs is 1. The summed E-state index contributed by atoms with van der Waals surface area (Å²) in [6.07, 6.45) is 0.374. The second kappa shape index (κ2) is 5.06. The molecule has 5 atom stereocenters. The van der Waals surface area contributed by atoms with Gasteiger partial charge in [0.15, 0.2) is 0 Å². The molecule has 8 heteroatoms. The Labute approximate surface area is 141 Å². The van der Waals surface area contributed by atoms with E-state index < -0.39 is 40.9 Å². The molecule has 23 heavy (non-hydrogen) atoms. The third-order valence-electron chi connectivity index (χ3n) is 5.18. The number of hydrogen-bond acceptors (Lipinski definition) is 3. The van der Waals surface area contributed by atoms with Crippen LogP contribution in [0.15, 0.2) is 18.2 Å². The molecule has 2 aliphatic carbocycles. The van der Waals surface area contributed by atoms with Crippen LogP contribution in [0.3, 0.4) is 0 Å². The summed E-state index contributed by atoms with van der Waals surface area (Å²) in [7, 11) is 0. The van der Waals surface area contributed by atoms with Gasteiger partial charge in [0.25, 0.3) is 0 Å². The second-order valence-corrected chi connectivity index (χ2v) is 7.10. The van der Waals surface area contributed by atoms with Gasteiger partial charge in [-0.1, -0.05) is 29.3 Å². The summed E-state index contributed by atoms with van der Waals surface area (Å²) in [5.41, 5.74) is 2.27. The number of rotatable bonds is 4. The number of carboxylic acid groups (broad SMARTS) is 2. The molecule has 0 bridgehead atoms. The van der Waals surface area contributed by atoms with Gasteiger partial charge >= 0.3 is 11.9 Å². The lowest BCUT2D eigenvalue weighted by atomic mass is 9.77. The molecule has 2 saturated carbocycles. The largest absolute Gasteiger partial charge is 0.480 e. The molecule has 0 saturated heterocycles. The van der Waals surface area contributed by atoms with Gasteiger partial charge in [0, 0.05) is 11.8 Å². The lowest BCUT2D eigenvalue weighted by Crippen LogP contribution is -2.57. The van der Waals surface area contributed by atoms with E-state index in [0.29, 0.717) is 10.0 Å². The molecule has 124 valence electrons. The van der Waals surface area contributed by atoms with Gasteiger partial charge in [0.1, 0.15) is 5.54 Å². The third-order valence-corrected chi connectivity index (χ3v) is 5.92. The van der Waals surface area contributed by atoms with Gasteiger partial charge in [-0.15, -0.1) is 0 Å². The van der Waals surface area contributed by atoms with Gasteiger partial charge < -0.3 is 15.9 Å². The SMILES string of the molecule is N[C@]1(C(=O)O)[C@@H](Cc2ccc(Cl)c(Cl)c2)C[C@@H]2[C@H]1[C@@]2(F)C(=O)O. The van der Waals surface area contributed by atoms with E-state index in [1.807, 2.05) is 0 Å². The zero-order valence-corrected chi connectivity index (χ0v) is 13.3. The lowest BCUT2D eigenvalue weighted by molar-refractivity contribution is -0.151.